The number of hydrogen-bond donors (Lipinski definition) is 1. The van der Waals surface area contributed by atoms with Crippen molar-refractivity contribution in [3.63, 3.8) is 0 Å². The summed E-state index contributed by atoms with van der Waals surface area (Å²) in [7, 11) is 0. The minimum atomic E-state index is -0.234. The summed E-state index contributed by atoms with van der Waals surface area (Å²) in [6, 6.07) is 20.8. The van der Waals surface area contributed by atoms with E-state index in [1.807, 2.05) is 75.4 Å². The molecule has 1 N–H and O–H groups in total. The maximum Gasteiger partial charge on any atom is 0.270 e. The second-order valence-electron chi connectivity index (χ2n) is 8.03. The van der Waals surface area contributed by atoms with Crippen LogP contribution in [-0.2, 0) is 9.59 Å². The summed E-state index contributed by atoms with van der Waals surface area (Å²) in [6.45, 7) is 5.78. The van der Waals surface area contributed by atoms with Gasteiger partial charge in [-0.15, -0.1) is 0 Å². The van der Waals surface area contributed by atoms with Crippen molar-refractivity contribution in [2.75, 3.05) is 16.8 Å². The van der Waals surface area contributed by atoms with Crippen LogP contribution in [-0.4, -0.2) is 22.7 Å². The molecule has 0 saturated carbocycles. The molecule has 0 atom stereocenters. The lowest BCUT2D eigenvalue weighted by molar-refractivity contribution is -0.118. The van der Waals surface area contributed by atoms with Gasteiger partial charge in [0.25, 0.3) is 11.8 Å². The van der Waals surface area contributed by atoms with Gasteiger partial charge in [0.1, 0.15) is 5.75 Å². The van der Waals surface area contributed by atoms with E-state index in [2.05, 4.69) is 5.32 Å². The Morgan fingerprint density at radius 2 is 1.71 bits per heavy atom. The van der Waals surface area contributed by atoms with E-state index >= 15 is 0 Å². The second-order valence-corrected chi connectivity index (χ2v) is 9.70. The number of rotatable bonds is 6. The molecule has 0 aliphatic carbocycles. The third kappa shape index (κ3) is 5.38. The zero-order valence-electron chi connectivity index (χ0n) is 19.1. The second kappa shape index (κ2) is 10.2. The Balaban J connectivity index is 1.43. The highest BCUT2D eigenvalue weighted by Crippen LogP contribution is 2.36. The molecule has 172 valence electrons. The van der Waals surface area contributed by atoms with E-state index in [-0.39, 0.29) is 18.4 Å². The summed E-state index contributed by atoms with van der Waals surface area (Å²) in [4.78, 5) is 27.5. The minimum Gasteiger partial charge on any atom is -0.484 e. The van der Waals surface area contributed by atoms with E-state index in [0.717, 1.165) is 33.6 Å². The number of nitrogens with one attached hydrogen (secondary N) is 1. The van der Waals surface area contributed by atoms with Crippen molar-refractivity contribution in [2.24, 2.45) is 0 Å². The molecule has 2 amide bonds. The molecule has 1 heterocycles. The molecule has 1 aliphatic rings. The lowest BCUT2D eigenvalue weighted by Crippen LogP contribution is -2.27. The third-order valence-corrected chi connectivity index (χ3v) is 6.66. The number of thiocarbonyl (C=S) groups is 1. The summed E-state index contributed by atoms with van der Waals surface area (Å²) >= 11 is 6.72. The van der Waals surface area contributed by atoms with Gasteiger partial charge in [0.05, 0.1) is 10.6 Å². The predicted octanol–water partition coefficient (Wildman–Crippen LogP) is 6.04. The van der Waals surface area contributed by atoms with Gasteiger partial charge in [-0.3, -0.25) is 14.5 Å². The molecule has 1 fully saturated rings. The number of aryl methyl sites for hydroxylation is 3. The normalized spacial score (nSPS) is 14.6. The fourth-order valence-corrected chi connectivity index (χ4v) is 4.86. The molecule has 5 nitrogen and oxygen atoms in total. The van der Waals surface area contributed by atoms with Gasteiger partial charge in [-0.1, -0.05) is 72.0 Å². The monoisotopic (exact) mass is 488 g/mol. The van der Waals surface area contributed by atoms with Gasteiger partial charge >= 0.3 is 0 Å². The van der Waals surface area contributed by atoms with Crippen molar-refractivity contribution < 1.29 is 14.3 Å². The summed E-state index contributed by atoms with van der Waals surface area (Å²) in [5.74, 6) is 0.152. The van der Waals surface area contributed by atoms with Crippen LogP contribution in [0.3, 0.4) is 0 Å². The molecule has 0 unspecified atom stereocenters. The summed E-state index contributed by atoms with van der Waals surface area (Å²) in [6.07, 6.45) is 1.79. The third-order valence-electron chi connectivity index (χ3n) is 5.36. The van der Waals surface area contributed by atoms with E-state index in [0.29, 0.717) is 15.0 Å². The van der Waals surface area contributed by atoms with E-state index in [9.17, 15) is 9.59 Å². The van der Waals surface area contributed by atoms with Crippen LogP contribution in [0.1, 0.15) is 22.3 Å². The molecular formula is C27H24N2O3S2. The van der Waals surface area contributed by atoms with Gasteiger partial charge in [0, 0.05) is 5.69 Å². The Morgan fingerprint density at radius 3 is 2.41 bits per heavy atom. The summed E-state index contributed by atoms with van der Waals surface area (Å²) < 4.78 is 6.20. The van der Waals surface area contributed by atoms with E-state index < -0.39 is 0 Å². The van der Waals surface area contributed by atoms with Gasteiger partial charge < -0.3 is 10.1 Å². The van der Waals surface area contributed by atoms with Crippen molar-refractivity contribution in [2.45, 2.75) is 20.8 Å². The van der Waals surface area contributed by atoms with Gasteiger partial charge in [-0.2, -0.15) is 0 Å². The molecule has 34 heavy (non-hydrogen) atoms. The molecule has 1 aliphatic heterocycles. The number of ether oxygens (including phenoxy) is 1. The molecule has 3 aromatic carbocycles. The van der Waals surface area contributed by atoms with Crippen LogP contribution in [0.4, 0.5) is 11.4 Å². The molecule has 3 aromatic rings. The zero-order chi connectivity index (χ0) is 24.2. The smallest absolute Gasteiger partial charge is 0.270 e. The highest BCUT2D eigenvalue weighted by molar-refractivity contribution is 8.27. The summed E-state index contributed by atoms with van der Waals surface area (Å²) in [5, 5.41) is 2.91. The van der Waals surface area contributed by atoms with E-state index in [4.69, 9.17) is 17.0 Å². The molecule has 0 aromatic heterocycles. The number of benzene rings is 3. The van der Waals surface area contributed by atoms with Crippen molar-refractivity contribution in [3.05, 3.63) is 93.9 Å². The fourth-order valence-electron chi connectivity index (χ4n) is 3.57. The molecule has 0 spiro atoms. The number of anilines is 2. The van der Waals surface area contributed by atoms with Gasteiger partial charge in [0.15, 0.2) is 10.9 Å². The minimum absolute atomic E-state index is 0.118. The first-order chi connectivity index (χ1) is 16.3. The number of hydrogen-bond acceptors (Lipinski definition) is 5. The van der Waals surface area contributed by atoms with Crippen LogP contribution in [0.5, 0.6) is 5.75 Å². The Morgan fingerprint density at radius 1 is 1.03 bits per heavy atom. The van der Waals surface area contributed by atoms with Crippen LogP contribution in [0.2, 0.25) is 0 Å². The number of carbonyl (C=O) groups is 2. The fraction of sp³-hybridized carbons (Fsp3) is 0.148. The molecule has 0 bridgehead atoms. The Labute approximate surface area is 208 Å². The lowest BCUT2D eigenvalue weighted by Gasteiger charge is -2.14. The molecule has 1 saturated heterocycles. The van der Waals surface area contributed by atoms with Gasteiger partial charge in [-0.05, 0) is 67.8 Å². The van der Waals surface area contributed by atoms with Crippen LogP contribution >= 0.6 is 24.0 Å². The van der Waals surface area contributed by atoms with Crippen molar-refractivity contribution in [1.82, 2.24) is 0 Å². The number of thioether (sulfide) groups is 1. The number of nitrogens with zero attached hydrogens (tertiary/aromatic N) is 1. The molecule has 7 heteroatoms. The first-order valence-corrected chi connectivity index (χ1v) is 12.0. The number of amides is 2. The lowest BCUT2D eigenvalue weighted by atomic mass is 10.1. The average molecular weight is 489 g/mol. The predicted molar refractivity (Wildman–Crippen MR) is 143 cm³/mol. The van der Waals surface area contributed by atoms with Crippen molar-refractivity contribution in [3.8, 4) is 5.75 Å². The Hall–Kier alpha value is -3.42. The standard InChI is InChI=1S/C27H24N2O3S2/c1-17-10-12-21(13-11-17)29-26(31)23(34-27(29)33)15-20-8-5-9-22(14-20)32-16-24(30)28-25-18(2)6-4-7-19(25)3/h4-15H,16H2,1-3H3,(H,28,30)/b23-15-. The maximum atomic E-state index is 13.0. The van der Waals surface area contributed by atoms with E-state index in [1.54, 1.807) is 23.1 Å². The van der Waals surface area contributed by atoms with E-state index in [1.165, 1.54) is 11.8 Å². The molecule has 4 rings (SSSR count). The first kappa shape index (κ1) is 23.7. The molecule has 0 radical (unpaired) electrons. The van der Waals surface area contributed by atoms with Gasteiger partial charge in [0.2, 0.25) is 0 Å². The van der Waals surface area contributed by atoms with Crippen LogP contribution < -0.4 is 15.0 Å². The zero-order valence-corrected chi connectivity index (χ0v) is 20.8. The van der Waals surface area contributed by atoms with Crippen LogP contribution in [0, 0.1) is 20.8 Å². The topological polar surface area (TPSA) is 58.6 Å². The number of para-hydroxylation sites is 1. The van der Waals surface area contributed by atoms with Gasteiger partial charge in [-0.25, -0.2) is 0 Å². The van der Waals surface area contributed by atoms with Crippen LogP contribution in [0.15, 0.2) is 71.6 Å². The SMILES string of the molecule is Cc1ccc(N2C(=O)/C(=C/c3cccc(OCC(=O)Nc4c(C)cccc4C)c3)SC2=S)cc1. The average Bonchev–Trinajstić information content (AvgIpc) is 3.08. The van der Waals surface area contributed by atoms with Crippen molar-refractivity contribution >= 4 is 57.6 Å². The highest BCUT2D eigenvalue weighted by atomic mass is 32.2. The maximum absolute atomic E-state index is 13.0. The van der Waals surface area contributed by atoms with Crippen LogP contribution in [0.25, 0.3) is 6.08 Å². The Kier molecular flexibility index (Phi) is 7.14. The van der Waals surface area contributed by atoms with Crippen molar-refractivity contribution in [1.29, 1.82) is 0 Å². The number of carbonyl (C=O) groups excluding carboxylic acids is 2. The highest BCUT2D eigenvalue weighted by Gasteiger charge is 2.33. The first-order valence-electron chi connectivity index (χ1n) is 10.8. The Bertz CT molecular complexity index is 1280. The summed E-state index contributed by atoms with van der Waals surface area (Å²) in [5.41, 5.74) is 5.46. The molecular weight excluding hydrogens is 464 g/mol. The quantitative estimate of drug-likeness (QED) is 0.339. The largest absolute Gasteiger partial charge is 0.484 e.